The Kier molecular flexibility index (Phi) is 4.24. The van der Waals surface area contributed by atoms with Gasteiger partial charge in [-0.15, -0.1) is 28.7 Å². The number of carbonyl (C=O) groups excluding carboxylic acids is 1. The van der Waals surface area contributed by atoms with Crippen LogP contribution in [0.1, 0.15) is 0 Å². The number of amides is 1. The molecule has 0 radical (unpaired) electrons. The van der Waals surface area contributed by atoms with Gasteiger partial charge in [0.1, 0.15) is 29.9 Å². The fourth-order valence-corrected chi connectivity index (χ4v) is 4.26. The van der Waals surface area contributed by atoms with Crippen molar-refractivity contribution in [1.29, 1.82) is 0 Å². The summed E-state index contributed by atoms with van der Waals surface area (Å²) in [6, 6.07) is 3.11. The highest BCUT2D eigenvalue weighted by Gasteiger charge is 2.51. The normalized spacial score (nSPS) is 22.9. The van der Waals surface area contributed by atoms with E-state index in [0.717, 1.165) is 5.65 Å². The highest BCUT2D eigenvalue weighted by atomic mass is 35.5. The molecule has 126 valence electrons. The minimum absolute atomic E-state index is 0. The molecule has 1 amide bonds. The number of carboxylic acid groups (broad SMARTS) is 1. The van der Waals surface area contributed by atoms with Crippen molar-refractivity contribution in [2.24, 2.45) is 5.73 Å². The first-order valence-corrected chi connectivity index (χ1v) is 8.10. The number of nitrogens with two attached hydrogens (primary N) is 1. The lowest BCUT2D eigenvalue weighted by atomic mass is 10.0. The molecule has 24 heavy (non-hydrogen) atoms. The van der Waals surface area contributed by atoms with Gasteiger partial charge in [0.05, 0.1) is 6.20 Å². The SMILES string of the molecule is Cl.N[C@@H]1C(=O)N2C(C(=O)O)=C(C[n+]3ccn4ncccc43)CS[C@H]12. The Morgan fingerprint density at radius 1 is 1.54 bits per heavy atom. The van der Waals surface area contributed by atoms with Gasteiger partial charge in [0.15, 0.2) is 6.20 Å². The van der Waals surface area contributed by atoms with E-state index in [1.54, 1.807) is 16.9 Å². The summed E-state index contributed by atoms with van der Waals surface area (Å²) in [7, 11) is 0. The molecule has 2 aromatic heterocycles. The lowest BCUT2D eigenvalue weighted by Gasteiger charge is -2.47. The summed E-state index contributed by atoms with van der Waals surface area (Å²) >= 11 is 1.50. The second-order valence-corrected chi connectivity index (χ2v) is 6.55. The highest BCUT2D eigenvalue weighted by molar-refractivity contribution is 8.00. The largest absolute Gasteiger partial charge is 0.477 e. The van der Waals surface area contributed by atoms with Gasteiger partial charge < -0.3 is 10.8 Å². The van der Waals surface area contributed by atoms with Crippen LogP contribution in [0, 0.1) is 0 Å². The number of aromatic nitrogens is 3. The summed E-state index contributed by atoms with van der Waals surface area (Å²) in [6.07, 6.45) is 5.33. The quantitative estimate of drug-likeness (QED) is 0.565. The van der Waals surface area contributed by atoms with Gasteiger partial charge >= 0.3 is 11.6 Å². The molecule has 8 nitrogen and oxygen atoms in total. The Morgan fingerprint density at radius 2 is 2.33 bits per heavy atom. The summed E-state index contributed by atoms with van der Waals surface area (Å²) in [4.78, 5) is 24.9. The maximum Gasteiger partial charge on any atom is 0.352 e. The molecular weight excluding hydrogens is 354 g/mol. The number of hydrogen-bond acceptors (Lipinski definition) is 5. The molecule has 0 bridgehead atoms. The van der Waals surface area contributed by atoms with E-state index in [9.17, 15) is 14.7 Å². The zero-order chi connectivity index (χ0) is 16.1. The van der Waals surface area contributed by atoms with Crippen molar-refractivity contribution in [2.75, 3.05) is 5.75 Å². The topological polar surface area (TPSA) is 105 Å². The number of imidazole rings is 1. The summed E-state index contributed by atoms with van der Waals surface area (Å²) < 4.78 is 3.63. The Morgan fingerprint density at radius 3 is 3.08 bits per heavy atom. The van der Waals surface area contributed by atoms with Crippen molar-refractivity contribution < 1.29 is 19.3 Å². The number of thioether (sulfide) groups is 1. The van der Waals surface area contributed by atoms with Crippen LogP contribution >= 0.6 is 24.2 Å². The Bertz CT molecular complexity index is 867. The minimum atomic E-state index is -1.09. The predicted octanol–water partition coefficient (Wildman–Crippen LogP) is -0.375. The first-order valence-electron chi connectivity index (χ1n) is 7.05. The first-order chi connectivity index (χ1) is 11.1. The molecule has 2 atom stereocenters. The average molecular weight is 369 g/mol. The van der Waals surface area contributed by atoms with E-state index in [1.165, 1.54) is 16.7 Å². The Balaban J connectivity index is 0.00000169. The van der Waals surface area contributed by atoms with Crippen LogP contribution in [0.15, 0.2) is 42.0 Å². The van der Waals surface area contributed by atoms with Crippen LogP contribution < -0.4 is 10.3 Å². The van der Waals surface area contributed by atoms with Crippen LogP contribution in [0.5, 0.6) is 0 Å². The molecule has 2 aliphatic heterocycles. The third kappa shape index (κ3) is 2.36. The van der Waals surface area contributed by atoms with Gasteiger partial charge in [0.25, 0.3) is 0 Å². The van der Waals surface area contributed by atoms with E-state index in [0.29, 0.717) is 17.9 Å². The van der Waals surface area contributed by atoms with Gasteiger partial charge in [-0.2, -0.15) is 0 Å². The van der Waals surface area contributed by atoms with Crippen molar-refractivity contribution in [3.63, 3.8) is 0 Å². The van der Waals surface area contributed by atoms with E-state index >= 15 is 0 Å². The molecule has 1 saturated heterocycles. The average Bonchev–Trinajstić information content (AvgIpc) is 2.96. The number of fused-ring (bicyclic) bond motifs is 2. The lowest BCUT2D eigenvalue weighted by molar-refractivity contribution is -0.662. The molecule has 0 spiro atoms. The van der Waals surface area contributed by atoms with Crippen LogP contribution in [-0.2, 0) is 16.1 Å². The number of aliphatic carboxylic acids is 1. The predicted molar refractivity (Wildman–Crippen MR) is 88.4 cm³/mol. The Hall–Kier alpha value is -2.10. The standard InChI is InChI=1S/C14H13N5O3S.ClH/c15-10-12(20)19-11(14(21)22)8(7-23-13(10)19)6-17-4-5-18-9(17)2-1-3-16-18;/h1-5,10,13H,6-7,15H2;1H/p+1/t10-,13-;/m1./s1. The van der Waals surface area contributed by atoms with Crippen molar-refractivity contribution in [3.8, 4) is 0 Å². The van der Waals surface area contributed by atoms with Crippen LogP contribution in [0.4, 0.5) is 0 Å². The minimum Gasteiger partial charge on any atom is -0.477 e. The third-order valence-electron chi connectivity index (χ3n) is 4.09. The molecule has 0 saturated carbocycles. The number of nitrogens with zero attached hydrogens (tertiary/aromatic N) is 4. The molecule has 2 aliphatic rings. The van der Waals surface area contributed by atoms with Crippen LogP contribution in [0.2, 0.25) is 0 Å². The second-order valence-electron chi connectivity index (χ2n) is 5.45. The van der Waals surface area contributed by atoms with E-state index < -0.39 is 12.0 Å². The maximum absolute atomic E-state index is 11.9. The van der Waals surface area contributed by atoms with Gasteiger partial charge in [-0.25, -0.2) is 9.36 Å². The van der Waals surface area contributed by atoms with Crippen LogP contribution in [0.3, 0.4) is 0 Å². The van der Waals surface area contributed by atoms with Gasteiger partial charge in [-0.3, -0.25) is 9.69 Å². The van der Waals surface area contributed by atoms with Gasteiger partial charge in [-0.05, 0) is 6.07 Å². The third-order valence-corrected chi connectivity index (χ3v) is 5.45. The molecule has 0 unspecified atom stereocenters. The molecule has 2 aromatic rings. The number of carbonyl (C=O) groups is 2. The highest BCUT2D eigenvalue weighted by Crippen LogP contribution is 2.39. The fourth-order valence-electron chi connectivity index (χ4n) is 2.98. The molecule has 0 aromatic carbocycles. The van der Waals surface area contributed by atoms with E-state index in [-0.39, 0.29) is 29.4 Å². The summed E-state index contributed by atoms with van der Waals surface area (Å²) in [5.74, 6) is -0.882. The van der Waals surface area contributed by atoms with E-state index in [2.05, 4.69) is 5.10 Å². The summed E-state index contributed by atoms with van der Waals surface area (Å²) in [5, 5.41) is 13.5. The van der Waals surface area contributed by atoms with Crippen LogP contribution in [0.25, 0.3) is 5.65 Å². The molecule has 3 N–H and O–H groups in total. The molecule has 0 aliphatic carbocycles. The van der Waals surface area contributed by atoms with Crippen molar-refractivity contribution in [1.82, 2.24) is 14.5 Å². The van der Waals surface area contributed by atoms with E-state index in [1.807, 2.05) is 22.9 Å². The van der Waals surface area contributed by atoms with E-state index in [4.69, 9.17) is 5.73 Å². The molecule has 10 heteroatoms. The monoisotopic (exact) mass is 368 g/mol. The zero-order valence-electron chi connectivity index (χ0n) is 12.4. The zero-order valence-corrected chi connectivity index (χ0v) is 14.0. The molecule has 4 rings (SSSR count). The molecule has 4 heterocycles. The van der Waals surface area contributed by atoms with Crippen LogP contribution in [-0.4, -0.2) is 48.7 Å². The number of rotatable bonds is 3. The molecular formula is C14H15ClN5O3S+. The van der Waals surface area contributed by atoms with Gasteiger partial charge in [0.2, 0.25) is 5.91 Å². The van der Waals surface area contributed by atoms with Crippen molar-refractivity contribution >= 4 is 41.7 Å². The number of hydrogen-bond donors (Lipinski definition) is 2. The Labute approximate surface area is 147 Å². The smallest absolute Gasteiger partial charge is 0.352 e. The number of β-lactam (4-membered cyclic amide) rings is 1. The second kappa shape index (κ2) is 6.08. The van der Waals surface area contributed by atoms with Crippen molar-refractivity contribution in [2.45, 2.75) is 18.0 Å². The number of carboxylic acids is 1. The molecule has 1 fully saturated rings. The maximum atomic E-state index is 11.9. The summed E-state index contributed by atoms with van der Waals surface area (Å²) in [5.41, 5.74) is 7.36. The summed E-state index contributed by atoms with van der Waals surface area (Å²) in [6.45, 7) is 0.391. The van der Waals surface area contributed by atoms with Crippen molar-refractivity contribution in [3.05, 3.63) is 42.0 Å². The number of halogens is 1. The fraction of sp³-hybridized carbons (Fsp3) is 0.286. The van der Waals surface area contributed by atoms with Gasteiger partial charge in [0, 0.05) is 17.4 Å². The van der Waals surface area contributed by atoms with Gasteiger partial charge in [-0.1, -0.05) is 5.10 Å². The lowest BCUT2D eigenvalue weighted by Crippen LogP contribution is -2.68. The first kappa shape index (κ1) is 16.7.